The number of guanidine groups is 1. The Morgan fingerprint density at radius 3 is 2.50 bits per heavy atom. The average Bonchev–Trinajstić information content (AvgIpc) is 2.75. The molecule has 0 aromatic rings. The number of aliphatic carboxylic acids is 1. The Morgan fingerprint density at radius 2 is 2.09 bits per heavy atom. The minimum absolute atomic E-state index is 0.184. The third-order valence-electron chi connectivity index (χ3n) is 4.68. The highest BCUT2D eigenvalue weighted by Crippen LogP contribution is 2.39. The maximum Gasteiger partial charge on any atom is 0.309 e. The summed E-state index contributed by atoms with van der Waals surface area (Å²) in [5.41, 5.74) is 5.42. The van der Waals surface area contributed by atoms with Crippen molar-refractivity contribution in [2.24, 2.45) is 28.5 Å². The van der Waals surface area contributed by atoms with Crippen LogP contribution in [0.15, 0.2) is 4.99 Å². The van der Waals surface area contributed by atoms with E-state index in [1.807, 2.05) is 6.92 Å². The lowest BCUT2D eigenvalue weighted by atomic mass is 9.81. The predicted molar refractivity (Wildman–Crippen MR) is 86.1 cm³/mol. The molecule has 0 bridgehead atoms. The number of hydrogen-bond acceptors (Lipinski definition) is 4. The Kier molecular flexibility index (Phi) is 6.80. The lowest BCUT2D eigenvalue weighted by Gasteiger charge is -2.33. The Labute approximate surface area is 131 Å². The topological polar surface area (TPSA) is 132 Å². The van der Waals surface area contributed by atoms with Gasteiger partial charge in [0.2, 0.25) is 0 Å². The summed E-state index contributed by atoms with van der Waals surface area (Å²) in [5.74, 6) is -2.21. The fraction of sp³-hybridized carbons (Fsp3) is 0.800. The number of carboxylic acids is 1. The summed E-state index contributed by atoms with van der Waals surface area (Å²) in [5, 5.41) is 30.1. The molecule has 22 heavy (non-hydrogen) atoms. The molecule has 1 rings (SSSR count). The van der Waals surface area contributed by atoms with Gasteiger partial charge in [-0.05, 0) is 25.5 Å². The molecule has 7 heteroatoms. The SMILES string of the molecule is C/C=N/C(C(CC)CC)[C@@H]1[C@H](O)[C@@H](C(=O)O)C[C@H]1NC(=N)N. The summed E-state index contributed by atoms with van der Waals surface area (Å²) in [6.07, 6.45) is 2.74. The molecule has 1 fully saturated rings. The molecule has 0 saturated heterocycles. The molecule has 1 aliphatic rings. The first-order chi connectivity index (χ1) is 10.4. The molecule has 1 saturated carbocycles. The van der Waals surface area contributed by atoms with Crippen LogP contribution in [0.25, 0.3) is 0 Å². The zero-order valence-electron chi connectivity index (χ0n) is 13.5. The highest BCUT2D eigenvalue weighted by atomic mass is 16.4. The number of nitrogens with zero attached hydrogens (tertiary/aromatic N) is 1. The summed E-state index contributed by atoms with van der Waals surface area (Å²) >= 11 is 0. The van der Waals surface area contributed by atoms with E-state index in [1.165, 1.54) is 0 Å². The smallest absolute Gasteiger partial charge is 0.309 e. The van der Waals surface area contributed by atoms with Gasteiger partial charge in [0.05, 0.1) is 18.1 Å². The molecule has 0 aliphatic heterocycles. The lowest BCUT2D eigenvalue weighted by molar-refractivity contribution is -0.145. The van der Waals surface area contributed by atoms with Gasteiger partial charge in [0.1, 0.15) is 0 Å². The van der Waals surface area contributed by atoms with Gasteiger partial charge in [0.25, 0.3) is 0 Å². The molecule has 0 heterocycles. The van der Waals surface area contributed by atoms with E-state index in [0.717, 1.165) is 12.8 Å². The quantitative estimate of drug-likeness (QED) is 0.351. The second kappa shape index (κ2) is 8.12. The highest BCUT2D eigenvalue weighted by molar-refractivity contribution is 5.75. The Balaban J connectivity index is 3.15. The maximum absolute atomic E-state index is 11.4. The van der Waals surface area contributed by atoms with Crippen molar-refractivity contribution in [2.75, 3.05) is 0 Å². The van der Waals surface area contributed by atoms with Crippen molar-refractivity contribution < 1.29 is 15.0 Å². The molecular weight excluding hydrogens is 284 g/mol. The third kappa shape index (κ3) is 3.97. The number of carbonyl (C=O) groups is 1. The minimum atomic E-state index is -1.02. The van der Waals surface area contributed by atoms with E-state index in [-0.39, 0.29) is 36.3 Å². The molecule has 126 valence electrons. The van der Waals surface area contributed by atoms with Crippen molar-refractivity contribution in [3.63, 3.8) is 0 Å². The van der Waals surface area contributed by atoms with Crippen LogP contribution in [0.2, 0.25) is 0 Å². The first kappa shape index (κ1) is 18.4. The molecular formula is C15H28N4O3. The van der Waals surface area contributed by atoms with Gasteiger partial charge >= 0.3 is 5.97 Å². The van der Waals surface area contributed by atoms with Crippen LogP contribution in [-0.4, -0.2) is 46.5 Å². The van der Waals surface area contributed by atoms with Crippen LogP contribution in [0, 0.1) is 23.2 Å². The van der Waals surface area contributed by atoms with E-state index in [4.69, 9.17) is 11.1 Å². The van der Waals surface area contributed by atoms with Crippen LogP contribution in [0.1, 0.15) is 40.0 Å². The van der Waals surface area contributed by atoms with Crippen LogP contribution < -0.4 is 11.1 Å². The van der Waals surface area contributed by atoms with E-state index >= 15 is 0 Å². The molecule has 0 aromatic heterocycles. The molecule has 1 aliphatic carbocycles. The van der Waals surface area contributed by atoms with Crippen molar-refractivity contribution in [3.05, 3.63) is 0 Å². The Hall–Kier alpha value is -1.63. The van der Waals surface area contributed by atoms with Crippen LogP contribution in [0.3, 0.4) is 0 Å². The average molecular weight is 312 g/mol. The van der Waals surface area contributed by atoms with Crippen LogP contribution >= 0.6 is 0 Å². The van der Waals surface area contributed by atoms with Crippen LogP contribution in [-0.2, 0) is 4.79 Å². The van der Waals surface area contributed by atoms with E-state index in [0.29, 0.717) is 0 Å². The highest BCUT2D eigenvalue weighted by Gasteiger charge is 2.50. The first-order valence-corrected chi connectivity index (χ1v) is 7.86. The number of hydrogen-bond donors (Lipinski definition) is 5. The van der Waals surface area contributed by atoms with Gasteiger partial charge in [-0.25, -0.2) is 0 Å². The third-order valence-corrected chi connectivity index (χ3v) is 4.68. The number of aliphatic hydroxyl groups is 1. The van der Waals surface area contributed by atoms with Crippen molar-refractivity contribution in [1.29, 1.82) is 5.41 Å². The van der Waals surface area contributed by atoms with Gasteiger partial charge in [0.15, 0.2) is 5.96 Å². The Morgan fingerprint density at radius 1 is 1.50 bits per heavy atom. The number of nitrogens with two attached hydrogens (primary N) is 1. The number of aliphatic hydroxyl groups excluding tert-OH is 1. The molecule has 0 spiro atoms. The van der Waals surface area contributed by atoms with Crippen molar-refractivity contribution in [2.45, 2.75) is 58.2 Å². The predicted octanol–water partition coefficient (Wildman–Crippen LogP) is 0.815. The zero-order valence-corrected chi connectivity index (χ0v) is 13.5. The molecule has 1 unspecified atom stereocenters. The summed E-state index contributed by atoms with van der Waals surface area (Å²) in [6, 6.07) is -0.543. The van der Waals surface area contributed by atoms with Gasteiger partial charge in [-0.1, -0.05) is 26.7 Å². The van der Waals surface area contributed by atoms with Gasteiger partial charge in [-0.2, -0.15) is 0 Å². The van der Waals surface area contributed by atoms with E-state index < -0.39 is 18.0 Å². The lowest BCUT2D eigenvalue weighted by Crippen LogP contribution is -2.48. The van der Waals surface area contributed by atoms with E-state index in [9.17, 15) is 15.0 Å². The number of rotatable bonds is 7. The second-order valence-electron chi connectivity index (χ2n) is 5.89. The summed E-state index contributed by atoms with van der Waals surface area (Å²) in [4.78, 5) is 15.9. The minimum Gasteiger partial charge on any atom is -0.481 e. The maximum atomic E-state index is 11.4. The van der Waals surface area contributed by atoms with E-state index in [2.05, 4.69) is 24.2 Å². The van der Waals surface area contributed by atoms with Gasteiger partial charge in [0, 0.05) is 12.0 Å². The monoisotopic (exact) mass is 312 g/mol. The fourth-order valence-electron chi connectivity index (χ4n) is 3.60. The molecule has 5 atom stereocenters. The normalized spacial score (nSPS) is 29.9. The van der Waals surface area contributed by atoms with Crippen LogP contribution in [0.4, 0.5) is 0 Å². The van der Waals surface area contributed by atoms with Crippen molar-refractivity contribution in [1.82, 2.24) is 5.32 Å². The summed E-state index contributed by atoms with van der Waals surface area (Å²) in [7, 11) is 0. The van der Waals surface area contributed by atoms with Crippen LogP contribution in [0.5, 0.6) is 0 Å². The second-order valence-corrected chi connectivity index (χ2v) is 5.89. The van der Waals surface area contributed by atoms with E-state index in [1.54, 1.807) is 6.21 Å². The molecule has 0 radical (unpaired) electrons. The fourth-order valence-corrected chi connectivity index (χ4v) is 3.60. The van der Waals surface area contributed by atoms with Crippen molar-refractivity contribution >= 4 is 18.1 Å². The zero-order chi connectivity index (χ0) is 16.9. The summed E-state index contributed by atoms with van der Waals surface area (Å²) in [6.45, 7) is 5.95. The largest absolute Gasteiger partial charge is 0.481 e. The summed E-state index contributed by atoms with van der Waals surface area (Å²) < 4.78 is 0. The number of nitrogens with one attached hydrogen (secondary N) is 2. The molecule has 6 N–H and O–H groups in total. The van der Waals surface area contributed by atoms with Crippen molar-refractivity contribution in [3.8, 4) is 0 Å². The first-order valence-electron chi connectivity index (χ1n) is 7.86. The Bertz CT molecular complexity index is 423. The molecule has 0 amide bonds. The van der Waals surface area contributed by atoms with Gasteiger partial charge < -0.3 is 21.3 Å². The number of aliphatic imine (C=N–C) groups is 1. The molecule has 7 nitrogen and oxygen atoms in total. The standard InChI is InChI=1S/C15H28N4O3/c1-4-8(5-2)12(18-6-3)11-10(19-15(16)17)7-9(13(11)20)14(21)22/h6,8-13,20H,4-5,7H2,1-3H3,(H,21,22)(H4,16,17,19)/b18-6+/t9-,10+,11+,12?,13+/m0/s1. The van der Waals surface area contributed by atoms with Gasteiger partial charge in [-0.15, -0.1) is 0 Å². The number of carboxylic acid groups (broad SMARTS) is 1. The molecule has 0 aromatic carbocycles. The van der Waals surface area contributed by atoms with Gasteiger partial charge in [-0.3, -0.25) is 15.2 Å².